The van der Waals surface area contributed by atoms with Crippen molar-refractivity contribution in [2.75, 3.05) is 19.5 Å². The van der Waals surface area contributed by atoms with Gasteiger partial charge in [-0.2, -0.15) is 0 Å². The summed E-state index contributed by atoms with van der Waals surface area (Å²) in [7, 11) is 2.75. The smallest absolute Gasteiger partial charge is 0.411 e. The average molecular weight is 617 g/mol. The highest BCUT2D eigenvalue weighted by Crippen LogP contribution is 2.32. The molecule has 2 aromatic carbocycles. The van der Waals surface area contributed by atoms with E-state index in [1.165, 1.54) is 0 Å². The largest absolute Gasteiger partial charge is 0.497 e. The number of hydrogen-bond donors (Lipinski definition) is 2. The maximum atomic E-state index is 13.6. The summed E-state index contributed by atoms with van der Waals surface area (Å²) >= 11 is 0. The van der Waals surface area contributed by atoms with Gasteiger partial charge in [0.15, 0.2) is 0 Å². The summed E-state index contributed by atoms with van der Waals surface area (Å²) in [5.74, 6) is -0.720. The molecule has 4 rings (SSSR count). The predicted molar refractivity (Wildman–Crippen MR) is 165 cm³/mol. The number of carbonyl (C=O) groups excluding carboxylic acids is 3. The average Bonchev–Trinajstić information content (AvgIpc) is 3.54. The van der Waals surface area contributed by atoms with E-state index in [1.807, 2.05) is 38.1 Å². The molecule has 0 aliphatic heterocycles. The fourth-order valence-corrected chi connectivity index (χ4v) is 4.65. The summed E-state index contributed by atoms with van der Waals surface area (Å²) in [6.07, 6.45) is -0.861. The molecule has 0 aliphatic carbocycles. The molecule has 2 amide bonds. The van der Waals surface area contributed by atoms with Crippen molar-refractivity contribution in [3.8, 4) is 17.1 Å². The van der Waals surface area contributed by atoms with Gasteiger partial charge >= 0.3 is 6.09 Å². The Morgan fingerprint density at radius 3 is 2.27 bits per heavy atom. The minimum absolute atomic E-state index is 0.135. The first-order chi connectivity index (χ1) is 21.4. The molecule has 0 radical (unpaired) electrons. The van der Waals surface area contributed by atoms with Crippen molar-refractivity contribution in [1.29, 1.82) is 0 Å². The Kier molecular flexibility index (Phi) is 9.80. The van der Waals surface area contributed by atoms with Gasteiger partial charge in [-0.1, -0.05) is 56.3 Å². The molecular formula is C32H36N6O7. The van der Waals surface area contributed by atoms with E-state index in [0.29, 0.717) is 11.3 Å². The zero-order chi connectivity index (χ0) is 32.9. The lowest BCUT2D eigenvalue weighted by molar-refractivity contribution is -0.122. The number of nitrogens with one attached hydrogen (secondary N) is 2. The lowest BCUT2D eigenvalue weighted by atomic mass is 9.84. The quantitative estimate of drug-likeness (QED) is 0.234. The number of carbonyl (C=O) groups is 3. The number of aryl methyl sites for hydroxylation is 1. The van der Waals surface area contributed by atoms with Crippen LogP contribution in [0.4, 0.5) is 10.5 Å². The van der Waals surface area contributed by atoms with E-state index in [-0.39, 0.29) is 34.9 Å². The van der Waals surface area contributed by atoms with Gasteiger partial charge < -0.3 is 19.2 Å². The number of hydrogen-bond acceptors (Lipinski definition) is 10. The van der Waals surface area contributed by atoms with E-state index >= 15 is 0 Å². The number of amides is 2. The molecule has 0 spiro atoms. The van der Waals surface area contributed by atoms with Crippen LogP contribution in [-0.4, -0.2) is 57.8 Å². The second kappa shape index (κ2) is 13.5. The molecule has 45 heavy (non-hydrogen) atoms. The molecule has 13 nitrogen and oxygen atoms in total. The van der Waals surface area contributed by atoms with Crippen molar-refractivity contribution in [2.24, 2.45) is 5.92 Å². The predicted octanol–water partition coefficient (Wildman–Crippen LogP) is 4.14. The van der Waals surface area contributed by atoms with E-state index in [9.17, 15) is 19.2 Å². The molecule has 2 aromatic heterocycles. The standard InChI is InChI=1S/C32H36N6O7/c1-18(2)24(26(40)28-36-37-30(45-28)32(4,5)21-13-15-22(43-6)16-14-21)34-23(39)17-38-27(20-11-9-8-10-12-20)33-19(3)25(29(38)41)35-31(42)44-7/h8-16,18,24H,17H2,1-7H3,(H,34,39)(H,35,42)/t24-/m0/s1. The normalized spacial score (nSPS) is 12.0. The van der Waals surface area contributed by atoms with Crippen LogP contribution in [0.3, 0.4) is 0 Å². The molecular weight excluding hydrogens is 580 g/mol. The molecule has 4 aromatic rings. The third-order valence-corrected chi connectivity index (χ3v) is 7.34. The third kappa shape index (κ3) is 7.08. The van der Waals surface area contributed by atoms with E-state index in [4.69, 9.17) is 9.15 Å². The Hall–Kier alpha value is -5.33. The van der Waals surface area contributed by atoms with Crippen molar-refractivity contribution >= 4 is 23.5 Å². The van der Waals surface area contributed by atoms with Gasteiger partial charge in [0.1, 0.15) is 23.8 Å². The van der Waals surface area contributed by atoms with E-state index < -0.39 is 41.3 Å². The molecule has 1 atom stereocenters. The van der Waals surface area contributed by atoms with Gasteiger partial charge in [-0.3, -0.25) is 24.3 Å². The first-order valence-electron chi connectivity index (χ1n) is 14.2. The van der Waals surface area contributed by atoms with Crippen LogP contribution in [-0.2, 0) is 21.5 Å². The molecule has 0 saturated heterocycles. The molecule has 2 N–H and O–H groups in total. The first-order valence-corrected chi connectivity index (χ1v) is 14.2. The molecule has 0 unspecified atom stereocenters. The topological polar surface area (TPSA) is 168 Å². The lowest BCUT2D eigenvalue weighted by Crippen LogP contribution is -2.47. The monoisotopic (exact) mass is 616 g/mol. The fraction of sp³-hybridized carbons (Fsp3) is 0.344. The summed E-state index contributed by atoms with van der Waals surface area (Å²) in [6, 6.07) is 15.2. The maximum absolute atomic E-state index is 13.6. The van der Waals surface area contributed by atoms with Crippen LogP contribution in [0.15, 0.2) is 63.8 Å². The second-order valence-corrected chi connectivity index (χ2v) is 11.2. The van der Waals surface area contributed by atoms with Crippen molar-refractivity contribution in [2.45, 2.75) is 52.6 Å². The van der Waals surface area contributed by atoms with Crippen molar-refractivity contribution in [3.05, 3.63) is 88.0 Å². The lowest BCUT2D eigenvalue weighted by Gasteiger charge is -2.22. The van der Waals surface area contributed by atoms with Crippen LogP contribution < -0.4 is 20.9 Å². The summed E-state index contributed by atoms with van der Waals surface area (Å²) in [5.41, 5.74) is 0.149. The van der Waals surface area contributed by atoms with Crippen molar-refractivity contribution in [3.63, 3.8) is 0 Å². The summed E-state index contributed by atoms with van der Waals surface area (Å²) in [5, 5.41) is 13.2. The van der Waals surface area contributed by atoms with Crippen LogP contribution in [0, 0.1) is 12.8 Å². The number of rotatable bonds is 11. The number of nitrogens with zero attached hydrogens (tertiary/aromatic N) is 4. The van der Waals surface area contributed by atoms with Crippen molar-refractivity contribution in [1.82, 2.24) is 25.1 Å². The highest BCUT2D eigenvalue weighted by molar-refractivity contribution is 5.98. The molecule has 236 valence electrons. The molecule has 0 fully saturated rings. The Labute approximate surface area is 260 Å². The van der Waals surface area contributed by atoms with Crippen LogP contribution in [0.25, 0.3) is 11.4 Å². The molecule has 13 heteroatoms. The highest BCUT2D eigenvalue weighted by Gasteiger charge is 2.34. The first kappa shape index (κ1) is 32.6. The summed E-state index contributed by atoms with van der Waals surface area (Å²) < 4.78 is 16.9. The maximum Gasteiger partial charge on any atom is 0.411 e. The molecule has 0 saturated carbocycles. The van der Waals surface area contributed by atoms with Gasteiger partial charge in [0, 0.05) is 5.56 Å². The van der Waals surface area contributed by atoms with Crippen LogP contribution in [0.5, 0.6) is 5.75 Å². The number of ketones is 1. The zero-order valence-electron chi connectivity index (χ0n) is 26.2. The molecule has 0 aliphatic rings. The van der Waals surface area contributed by atoms with Gasteiger partial charge in [-0.25, -0.2) is 9.78 Å². The van der Waals surface area contributed by atoms with Gasteiger partial charge in [0.25, 0.3) is 11.4 Å². The Morgan fingerprint density at radius 2 is 1.67 bits per heavy atom. The highest BCUT2D eigenvalue weighted by atomic mass is 16.5. The van der Waals surface area contributed by atoms with Gasteiger partial charge in [-0.15, -0.1) is 10.2 Å². The molecule has 2 heterocycles. The number of benzene rings is 2. The van der Waals surface area contributed by atoms with E-state index in [1.54, 1.807) is 58.2 Å². The number of anilines is 1. The minimum atomic E-state index is -1.04. The Morgan fingerprint density at radius 1 is 1.00 bits per heavy atom. The van der Waals surface area contributed by atoms with Crippen LogP contribution in [0.2, 0.25) is 0 Å². The number of methoxy groups -OCH3 is 2. The number of aromatic nitrogens is 4. The van der Waals surface area contributed by atoms with Gasteiger partial charge in [0.2, 0.25) is 17.6 Å². The van der Waals surface area contributed by atoms with Crippen molar-refractivity contribution < 1.29 is 28.3 Å². The summed E-state index contributed by atoms with van der Waals surface area (Å²) in [6.45, 7) is 8.36. The minimum Gasteiger partial charge on any atom is -0.497 e. The molecule has 0 bridgehead atoms. The SMILES string of the molecule is COC(=O)Nc1c(C)nc(-c2ccccc2)n(CC(=O)N[C@H](C(=O)c2nnc(C(C)(C)c3ccc(OC)cc3)o2)C(C)C)c1=O. The number of ether oxygens (including phenoxy) is 2. The second-order valence-electron chi connectivity index (χ2n) is 11.2. The van der Waals surface area contributed by atoms with Crippen LogP contribution in [0.1, 0.15) is 55.5 Å². The van der Waals surface area contributed by atoms with E-state index in [0.717, 1.165) is 17.2 Å². The zero-order valence-corrected chi connectivity index (χ0v) is 26.2. The number of Topliss-reactive ketones (excluding diaryl/α,β-unsaturated/α-hetero) is 1. The van der Waals surface area contributed by atoms with Gasteiger partial charge in [0.05, 0.1) is 31.4 Å². The van der Waals surface area contributed by atoms with Gasteiger partial charge in [-0.05, 0) is 44.4 Å². The summed E-state index contributed by atoms with van der Waals surface area (Å²) in [4.78, 5) is 57.0. The fourth-order valence-electron chi connectivity index (χ4n) is 4.65. The Bertz CT molecular complexity index is 1740. The third-order valence-electron chi connectivity index (χ3n) is 7.34. The Balaban J connectivity index is 1.61. The van der Waals surface area contributed by atoms with E-state index in [2.05, 4.69) is 30.6 Å². The van der Waals surface area contributed by atoms with Crippen LogP contribution >= 0.6 is 0 Å².